The summed E-state index contributed by atoms with van der Waals surface area (Å²) in [6.45, 7) is 6.68. The van der Waals surface area contributed by atoms with Gasteiger partial charge in [0, 0.05) is 6.42 Å². The number of halogens is 1. The largest absolute Gasteiger partial charge is 0.486 e. The molecule has 23 heavy (non-hydrogen) atoms. The first-order chi connectivity index (χ1) is 10.6. The van der Waals surface area contributed by atoms with Crippen molar-refractivity contribution in [3.63, 3.8) is 0 Å². The molecule has 0 unspecified atom stereocenters. The molecule has 1 heterocycles. The number of carbonyl (C=O) groups excluding carboxylic acids is 1. The normalized spacial score (nSPS) is 15.6. The first-order valence-electron chi connectivity index (χ1n) is 8.27. The van der Waals surface area contributed by atoms with Crippen molar-refractivity contribution < 1.29 is 9.53 Å². The molecule has 0 spiro atoms. The molecule has 2 rings (SSSR count). The van der Waals surface area contributed by atoms with Crippen LogP contribution >= 0.6 is 12.4 Å². The number of amides is 1. The van der Waals surface area contributed by atoms with Crippen LogP contribution < -0.4 is 15.4 Å². The number of piperidine rings is 1. The third-order valence-electron chi connectivity index (χ3n) is 4.09. The Morgan fingerprint density at radius 3 is 2.57 bits per heavy atom. The van der Waals surface area contributed by atoms with Gasteiger partial charge in [0.15, 0.2) is 0 Å². The van der Waals surface area contributed by atoms with Crippen LogP contribution in [0.15, 0.2) is 30.3 Å². The van der Waals surface area contributed by atoms with Gasteiger partial charge in [-0.1, -0.05) is 18.2 Å². The Labute approximate surface area is 145 Å². The lowest BCUT2D eigenvalue weighted by atomic mass is 9.93. The van der Waals surface area contributed by atoms with Crippen LogP contribution in [0.1, 0.15) is 39.5 Å². The molecule has 1 aromatic rings. The fourth-order valence-corrected chi connectivity index (χ4v) is 2.75. The third kappa shape index (κ3) is 7.71. The van der Waals surface area contributed by atoms with E-state index < -0.39 is 5.60 Å². The van der Waals surface area contributed by atoms with Gasteiger partial charge >= 0.3 is 0 Å². The summed E-state index contributed by atoms with van der Waals surface area (Å²) in [5.41, 5.74) is -0.411. The number of carbonyl (C=O) groups is 1. The quantitative estimate of drug-likeness (QED) is 0.801. The van der Waals surface area contributed by atoms with Crippen LogP contribution in [0.2, 0.25) is 0 Å². The van der Waals surface area contributed by atoms with Crippen LogP contribution in [-0.4, -0.2) is 31.1 Å². The highest BCUT2D eigenvalue weighted by Crippen LogP contribution is 2.19. The van der Waals surface area contributed by atoms with E-state index in [1.165, 1.54) is 12.8 Å². The maximum Gasteiger partial charge on any atom is 0.220 e. The molecule has 0 radical (unpaired) electrons. The molecule has 0 bridgehead atoms. The molecule has 1 aliphatic rings. The summed E-state index contributed by atoms with van der Waals surface area (Å²) in [7, 11) is 0. The molecule has 0 aromatic heterocycles. The SMILES string of the molecule is CC(C)(CNC(=O)CCC1CCNCC1)Oc1ccccc1.Cl. The zero-order chi connectivity index (χ0) is 15.8. The molecule has 0 saturated carbocycles. The minimum atomic E-state index is -0.411. The number of nitrogens with one attached hydrogen (secondary N) is 2. The van der Waals surface area contributed by atoms with Crippen LogP contribution in [-0.2, 0) is 4.79 Å². The molecule has 0 atom stereocenters. The predicted molar refractivity (Wildman–Crippen MR) is 96.2 cm³/mol. The van der Waals surface area contributed by atoms with E-state index in [9.17, 15) is 4.79 Å². The maximum atomic E-state index is 12.0. The van der Waals surface area contributed by atoms with Crippen LogP contribution in [0.4, 0.5) is 0 Å². The molecule has 4 nitrogen and oxygen atoms in total. The summed E-state index contributed by atoms with van der Waals surface area (Å²) in [5, 5.41) is 6.36. The second-order valence-corrected chi connectivity index (χ2v) is 6.68. The topological polar surface area (TPSA) is 50.4 Å². The van der Waals surface area contributed by atoms with E-state index in [0.717, 1.165) is 25.3 Å². The highest BCUT2D eigenvalue weighted by molar-refractivity contribution is 5.85. The van der Waals surface area contributed by atoms with Gasteiger partial charge in [-0.15, -0.1) is 12.4 Å². The Balaban J connectivity index is 0.00000264. The third-order valence-corrected chi connectivity index (χ3v) is 4.09. The molecule has 0 aliphatic carbocycles. The zero-order valence-corrected chi connectivity index (χ0v) is 15.0. The number of para-hydroxylation sites is 1. The van der Waals surface area contributed by atoms with Gasteiger partial charge in [0.2, 0.25) is 5.91 Å². The summed E-state index contributed by atoms with van der Waals surface area (Å²) in [6.07, 6.45) is 3.99. The lowest BCUT2D eigenvalue weighted by Crippen LogP contribution is -2.42. The van der Waals surface area contributed by atoms with E-state index in [2.05, 4.69) is 10.6 Å². The van der Waals surface area contributed by atoms with E-state index in [0.29, 0.717) is 18.9 Å². The smallest absolute Gasteiger partial charge is 0.220 e. The van der Waals surface area contributed by atoms with Crippen molar-refractivity contribution in [1.82, 2.24) is 10.6 Å². The minimum absolute atomic E-state index is 0. The van der Waals surface area contributed by atoms with Gasteiger partial charge in [0.25, 0.3) is 0 Å². The van der Waals surface area contributed by atoms with Crippen LogP contribution in [0, 0.1) is 5.92 Å². The lowest BCUT2D eigenvalue weighted by Gasteiger charge is -2.27. The van der Waals surface area contributed by atoms with Gasteiger partial charge in [-0.05, 0) is 64.3 Å². The van der Waals surface area contributed by atoms with Crippen molar-refractivity contribution in [2.75, 3.05) is 19.6 Å². The maximum absolute atomic E-state index is 12.0. The molecule has 2 N–H and O–H groups in total. The molecular formula is C18H29ClN2O2. The second kappa shape index (κ2) is 9.78. The van der Waals surface area contributed by atoms with Crippen LogP contribution in [0.25, 0.3) is 0 Å². The monoisotopic (exact) mass is 340 g/mol. The van der Waals surface area contributed by atoms with Gasteiger partial charge in [-0.25, -0.2) is 0 Å². The summed E-state index contributed by atoms with van der Waals surface area (Å²) in [6, 6.07) is 9.72. The number of benzene rings is 1. The van der Waals surface area contributed by atoms with Crippen molar-refractivity contribution >= 4 is 18.3 Å². The summed E-state index contributed by atoms with van der Waals surface area (Å²) in [5.74, 6) is 1.65. The molecule has 5 heteroatoms. The first kappa shape index (κ1) is 19.8. The van der Waals surface area contributed by atoms with Crippen molar-refractivity contribution in [1.29, 1.82) is 0 Å². The van der Waals surface area contributed by atoms with Crippen LogP contribution in [0.3, 0.4) is 0 Å². The van der Waals surface area contributed by atoms with E-state index in [1.54, 1.807) is 0 Å². The van der Waals surface area contributed by atoms with Gasteiger partial charge in [0.1, 0.15) is 11.4 Å². The molecule has 1 saturated heterocycles. The van der Waals surface area contributed by atoms with Crippen molar-refractivity contribution in [2.24, 2.45) is 5.92 Å². The Morgan fingerprint density at radius 2 is 1.91 bits per heavy atom. The summed E-state index contributed by atoms with van der Waals surface area (Å²) < 4.78 is 5.92. The number of ether oxygens (including phenoxy) is 1. The molecular weight excluding hydrogens is 312 g/mol. The second-order valence-electron chi connectivity index (χ2n) is 6.68. The van der Waals surface area contributed by atoms with Crippen molar-refractivity contribution in [3.05, 3.63) is 30.3 Å². The molecule has 1 aliphatic heterocycles. The Hall–Kier alpha value is -1.26. The van der Waals surface area contributed by atoms with Crippen molar-refractivity contribution in [2.45, 2.75) is 45.1 Å². The zero-order valence-electron chi connectivity index (χ0n) is 14.1. The molecule has 1 fully saturated rings. The number of hydrogen-bond donors (Lipinski definition) is 2. The fraction of sp³-hybridized carbons (Fsp3) is 0.611. The molecule has 1 aromatic carbocycles. The molecule has 130 valence electrons. The number of rotatable bonds is 7. The van der Waals surface area contributed by atoms with Gasteiger partial charge < -0.3 is 15.4 Å². The average Bonchev–Trinajstić information content (AvgIpc) is 2.53. The van der Waals surface area contributed by atoms with Crippen molar-refractivity contribution in [3.8, 4) is 5.75 Å². The molecule has 1 amide bonds. The van der Waals surface area contributed by atoms with E-state index in [-0.39, 0.29) is 18.3 Å². The fourth-order valence-electron chi connectivity index (χ4n) is 2.75. The Bertz CT molecular complexity index is 459. The highest BCUT2D eigenvalue weighted by atomic mass is 35.5. The van der Waals surface area contributed by atoms with Gasteiger partial charge in [0.05, 0.1) is 6.54 Å². The first-order valence-corrected chi connectivity index (χ1v) is 8.27. The van der Waals surface area contributed by atoms with Crippen LogP contribution in [0.5, 0.6) is 5.75 Å². The minimum Gasteiger partial charge on any atom is -0.486 e. The predicted octanol–water partition coefficient (Wildman–Crippen LogP) is 3.16. The highest BCUT2D eigenvalue weighted by Gasteiger charge is 2.21. The summed E-state index contributed by atoms with van der Waals surface area (Å²) in [4.78, 5) is 12.0. The lowest BCUT2D eigenvalue weighted by molar-refractivity contribution is -0.122. The van der Waals surface area contributed by atoms with E-state index >= 15 is 0 Å². The Kier molecular flexibility index (Phi) is 8.42. The number of hydrogen-bond acceptors (Lipinski definition) is 3. The van der Waals surface area contributed by atoms with E-state index in [4.69, 9.17) is 4.74 Å². The average molecular weight is 341 g/mol. The van der Waals surface area contributed by atoms with Gasteiger partial charge in [-0.2, -0.15) is 0 Å². The summed E-state index contributed by atoms with van der Waals surface area (Å²) >= 11 is 0. The van der Waals surface area contributed by atoms with E-state index in [1.807, 2.05) is 44.2 Å². The Morgan fingerprint density at radius 1 is 1.26 bits per heavy atom. The van der Waals surface area contributed by atoms with Gasteiger partial charge in [-0.3, -0.25) is 4.79 Å². The standard InChI is InChI=1S/C18H28N2O2.ClH/c1-18(2,22-16-6-4-3-5-7-16)14-20-17(21)9-8-15-10-12-19-13-11-15;/h3-7,15,19H,8-14H2,1-2H3,(H,20,21);1H.